The van der Waals surface area contributed by atoms with Gasteiger partial charge in [-0.25, -0.2) is 4.79 Å². The van der Waals surface area contributed by atoms with Crippen LogP contribution in [0.4, 0.5) is 11.4 Å². The molecule has 0 aliphatic carbocycles. The van der Waals surface area contributed by atoms with Gasteiger partial charge in [0.1, 0.15) is 0 Å². The number of hydrogen-bond donors (Lipinski definition) is 7. The van der Waals surface area contributed by atoms with Gasteiger partial charge in [0.05, 0.1) is 7.11 Å². The summed E-state index contributed by atoms with van der Waals surface area (Å²) in [5.41, 5.74) is 0.822. The lowest BCUT2D eigenvalue weighted by atomic mass is 10.1. The molecular weight excluding hydrogens is 536 g/mol. The highest BCUT2D eigenvalue weighted by Gasteiger charge is 2.14. The SMILES string of the molecule is COC(=O)/C(O)=C/C(=O)c1cc(NC(=O)/C=C/c2ccc(O)c(O)c2)cc(NC(=O)/C=C/c2ccc(O)c(O)c2)c1. The van der Waals surface area contributed by atoms with Crippen molar-refractivity contribution >= 4 is 47.1 Å². The van der Waals surface area contributed by atoms with Gasteiger partial charge in [-0.1, -0.05) is 12.1 Å². The lowest BCUT2D eigenvalue weighted by Gasteiger charge is -2.10. The van der Waals surface area contributed by atoms with Crippen molar-refractivity contribution in [2.24, 2.45) is 0 Å². The van der Waals surface area contributed by atoms with E-state index in [1.54, 1.807) is 0 Å². The van der Waals surface area contributed by atoms with E-state index in [0.29, 0.717) is 17.2 Å². The molecule has 2 amide bonds. The number of allylic oxidation sites excluding steroid dienone is 1. The van der Waals surface area contributed by atoms with Crippen LogP contribution in [-0.4, -0.2) is 56.2 Å². The van der Waals surface area contributed by atoms with Crippen molar-refractivity contribution in [1.29, 1.82) is 0 Å². The number of benzene rings is 3. The number of phenolic OH excluding ortho intramolecular Hbond substituents is 4. The fourth-order valence-corrected chi connectivity index (χ4v) is 3.29. The Hall–Kier alpha value is -6.04. The zero-order chi connectivity index (χ0) is 30.1. The van der Waals surface area contributed by atoms with E-state index in [0.717, 1.165) is 19.3 Å². The third-order valence-electron chi connectivity index (χ3n) is 5.27. The predicted molar refractivity (Wildman–Crippen MR) is 148 cm³/mol. The predicted octanol–water partition coefficient (Wildman–Crippen LogP) is 3.61. The maximum absolute atomic E-state index is 12.7. The van der Waals surface area contributed by atoms with Gasteiger partial charge in [-0.2, -0.15) is 0 Å². The van der Waals surface area contributed by atoms with Crippen LogP contribution in [0.15, 0.2) is 78.6 Å². The van der Waals surface area contributed by atoms with Crippen LogP contribution in [0.25, 0.3) is 12.2 Å². The maximum Gasteiger partial charge on any atom is 0.373 e. The minimum absolute atomic E-state index is 0.0627. The number of nitrogens with one attached hydrogen (secondary N) is 2. The molecule has 0 unspecified atom stereocenters. The van der Waals surface area contributed by atoms with E-state index in [-0.39, 0.29) is 39.9 Å². The largest absolute Gasteiger partial charge is 0.504 e. The van der Waals surface area contributed by atoms with Gasteiger partial charge in [0.2, 0.25) is 17.6 Å². The van der Waals surface area contributed by atoms with E-state index in [1.807, 2.05) is 0 Å². The Morgan fingerprint density at radius 2 is 1.15 bits per heavy atom. The van der Waals surface area contributed by atoms with Gasteiger partial charge in [-0.05, 0) is 65.7 Å². The molecular formula is C29H24N2O10. The van der Waals surface area contributed by atoms with Crippen molar-refractivity contribution in [3.8, 4) is 23.0 Å². The van der Waals surface area contributed by atoms with Crippen molar-refractivity contribution < 1.29 is 49.4 Å². The summed E-state index contributed by atoms with van der Waals surface area (Å²) in [6, 6.07) is 11.7. The number of ketones is 1. The lowest BCUT2D eigenvalue weighted by molar-refractivity contribution is -0.139. The van der Waals surface area contributed by atoms with Crippen LogP contribution in [0.1, 0.15) is 21.5 Å². The summed E-state index contributed by atoms with van der Waals surface area (Å²) >= 11 is 0. The van der Waals surface area contributed by atoms with Crippen molar-refractivity contribution in [2.45, 2.75) is 0 Å². The van der Waals surface area contributed by atoms with Gasteiger partial charge < -0.3 is 40.9 Å². The lowest BCUT2D eigenvalue weighted by Crippen LogP contribution is -2.12. The molecule has 41 heavy (non-hydrogen) atoms. The molecule has 3 aromatic rings. The third-order valence-corrected chi connectivity index (χ3v) is 5.27. The molecule has 0 heterocycles. The number of carbonyl (C=O) groups is 4. The van der Waals surface area contributed by atoms with E-state index in [9.17, 15) is 44.7 Å². The summed E-state index contributed by atoms with van der Waals surface area (Å²) in [4.78, 5) is 49.2. The molecule has 210 valence electrons. The Bertz CT molecular complexity index is 1510. The second kappa shape index (κ2) is 13.2. The molecule has 0 radical (unpaired) electrons. The molecule has 3 aromatic carbocycles. The van der Waals surface area contributed by atoms with E-state index in [1.165, 1.54) is 66.7 Å². The number of amides is 2. The monoisotopic (exact) mass is 560 g/mol. The Balaban J connectivity index is 1.86. The van der Waals surface area contributed by atoms with Crippen LogP contribution in [0.3, 0.4) is 0 Å². The number of aliphatic hydroxyl groups is 1. The van der Waals surface area contributed by atoms with E-state index < -0.39 is 29.3 Å². The number of ether oxygens (including phenoxy) is 1. The molecule has 3 rings (SSSR count). The molecule has 0 aromatic heterocycles. The van der Waals surface area contributed by atoms with Crippen molar-refractivity contribution in [3.05, 3.63) is 95.3 Å². The maximum atomic E-state index is 12.7. The first kappa shape index (κ1) is 29.5. The summed E-state index contributed by atoms with van der Waals surface area (Å²) in [5, 5.41) is 52.8. The first-order chi connectivity index (χ1) is 19.4. The molecule has 0 fully saturated rings. The number of aromatic hydroxyl groups is 4. The second-order valence-electron chi connectivity index (χ2n) is 8.33. The standard InChI is InChI=1S/C29H24N2O10/c1-41-29(40)26(37)15-23(34)18-12-19(30-27(38)8-4-16-2-6-21(32)24(35)10-16)14-20(13-18)31-28(39)9-5-17-3-7-22(33)25(36)11-17/h2-15,32-33,35-37H,1H3,(H,30,38)(H,31,39)/b8-4+,9-5+,26-15-. The Morgan fingerprint density at radius 3 is 1.56 bits per heavy atom. The van der Waals surface area contributed by atoms with Crippen LogP contribution in [-0.2, 0) is 19.1 Å². The number of methoxy groups -OCH3 is 1. The average Bonchev–Trinajstić information content (AvgIpc) is 2.93. The summed E-state index contributed by atoms with van der Waals surface area (Å²) in [7, 11) is 1.01. The highest BCUT2D eigenvalue weighted by molar-refractivity contribution is 6.11. The Labute approximate surface area is 232 Å². The van der Waals surface area contributed by atoms with Gasteiger partial charge in [0.25, 0.3) is 0 Å². The Morgan fingerprint density at radius 1 is 0.683 bits per heavy atom. The second-order valence-corrected chi connectivity index (χ2v) is 8.33. The topological polar surface area (TPSA) is 203 Å². The van der Waals surface area contributed by atoms with Crippen molar-refractivity contribution in [1.82, 2.24) is 0 Å². The number of anilines is 2. The average molecular weight is 561 g/mol. The van der Waals surface area contributed by atoms with Gasteiger partial charge in [0.15, 0.2) is 28.8 Å². The summed E-state index contributed by atoms with van der Waals surface area (Å²) in [5.74, 6) is -5.66. The van der Waals surface area contributed by atoms with Gasteiger partial charge in [0, 0.05) is 35.2 Å². The number of rotatable bonds is 9. The first-order valence-corrected chi connectivity index (χ1v) is 11.7. The highest BCUT2D eigenvalue weighted by atomic mass is 16.5. The number of carbonyl (C=O) groups excluding carboxylic acids is 4. The number of phenols is 4. The van der Waals surface area contributed by atoms with Gasteiger partial charge in [-0.3, -0.25) is 14.4 Å². The van der Waals surface area contributed by atoms with Crippen LogP contribution >= 0.6 is 0 Å². The van der Waals surface area contributed by atoms with Gasteiger partial charge in [-0.15, -0.1) is 0 Å². The number of hydrogen-bond acceptors (Lipinski definition) is 10. The number of aliphatic hydroxyl groups excluding tert-OH is 1. The molecule has 7 N–H and O–H groups in total. The van der Waals surface area contributed by atoms with Gasteiger partial charge >= 0.3 is 5.97 Å². The fraction of sp³-hybridized carbons (Fsp3) is 0.0345. The van der Waals surface area contributed by atoms with Crippen LogP contribution in [0.2, 0.25) is 0 Å². The zero-order valence-electron chi connectivity index (χ0n) is 21.4. The minimum atomic E-state index is -1.15. The zero-order valence-corrected chi connectivity index (χ0v) is 21.4. The smallest absolute Gasteiger partial charge is 0.373 e. The molecule has 0 aliphatic heterocycles. The van der Waals surface area contributed by atoms with Crippen LogP contribution in [0, 0.1) is 0 Å². The molecule has 0 saturated heterocycles. The van der Waals surface area contributed by atoms with E-state index >= 15 is 0 Å². The van der Waals surface area contributed by atoms with Crippen molar-refractivity contribution in [3.63, 3.8) is 0 Å². The van der Waals surface area contributed by atoms with Crippen LogP contribution in [0.5, 0.6) is 23.0 Å². The molecule has 12 heteroatoms. The highest BCUT2D eigenvalue weighted by Crippen LogP contribution is 2.27. The van der Waals surface area contributed by atoms with Crippen molar-refractivity contribution in [2.75, 3.05) is 17.7 Å². The quantitative estimate of drug-likeness (QED) is 0.0666. The summed E-state index contributed by atoms with van der Waals surface area (Å²) < 4.78 is 4.36. The molecule has 0 atom stereocenters. The molecule has 0 spiro atoms. The summed E-state index contributed by atoms with van der Waals surface area (Å²) in [6.45, 7) is 0. The third kappa shape index (κ3) is 8.48. The fourth-order valence-electron chi connectivity index (χ4n) is 3.29. The molecule has 0 saturated carbocycles. The minimum Gasteiger partial charge on any atom is -0.504 e. The van der Waals surface area contributed by atoms with E-state index in [2.05, 4.69) is 15.4 Å². The molecule has 0 aliphatic rings. The van der Waals surface area contributed by atoms with E-state index in [4.69, 9.17) is 0 Å². The number of esters is 1. The molecule has 0 bridgehead atoms. The summed E-state index contributed by atoms with van der Waals surface area (Å²) in [6.07, 6.45) is 5.58. The Kier molecular flexibility index (Phi) is 9.47. The normalized spacial score (nSPS) is 11.4. The first-order valence-electron chi connectivity index (χ1n) is 11.7. The molecule has 12 nitrogen and oxygen atoms in total. The van der Waals surface area contributed by atoms with Crippen LogP contribution < -0.4 is 10.6 Å².